The summed E-state index contributed by atoms with van der Waals surface area (Å²) < 4.78 is 1.94. The minimum Gasteiger partial charge on any atom is -0.334 e. The van der Waals surface area contributed by atoms with E-state index in [-0.39, 0.29) is 5.91 Å². The predicted molar refractivity (Wildman–Crippen MR) is 119 cm³/mol. The van der Waals surface area contributed by atoms with E-state index in [1.54, 1.807) is 0 Å². The quantitative estimate of drug-likeness (QED) is 0.489. The standard InChI is InChI=1S/C26H23N3O/c1-19-17-25(21-8-3-2-4-9-21)29(27-19)24-13-11-22(12-14-24)26(30)28-16-15-20-7-5-6-10-23(20)18-28/h2-14,17H,15-16,18H2,1H3. The number of fused-ring (bicyclic) bond motifs is 1. The molecule has 3 aromatic carbocycles. The Morgan fingerprint density at radius 2 is 1.57 bits per heavy atom. The highest BCUT2D eigenvalue weighted by atomic mass is 16.2. The Morgan fingerprint density at radius 3 is 2.33 bits per heavy atom. The van der Waals surface area contributed by atoms with E-state index in [1.165, 1.54) is 11.1 Å². The van der Waals surface area contributed by atoms with Gasteiger partial charge in [-0.1, -0.05) is 54.6 Å². The molecule has 1 aliphatic heterocycles. The average Bonchev–Trinajstić information content (AvgIpc) is 3.20. The average molecular weight is 393 g/mol. The van der Waals surface area contributed by atoms with Gasteiger partial charge in [-0.25, -0.2) is 4.68 Å². The Kier molecular flexibility index (Phi) is 4.68. The van der Waals surface area contributed by atoms with Crippen LogP contribution in [0.2, 0.25) is 0 Å². The summed E-state index contributed by atoms with van der Waals surface area (Å²) in [6.45, 7) is 3.43. The van der Waals surface area contributed by atoms with Crippen LogP contribution in [0.25, 0.3) is 16.9 Å². The molecule has 5 rings (SSSR count). The second-order valence-corrected chi connectivity index (χ2v) is 7.74. The zero-order valence-electron chi connectivity index (χ0n) is 17.0. The number of rotatable bonds is 3. The van der Waals surface area contributed by atoms with Crippen molar-refractivity contribution >= 4 is 5.91 Å². The molecule has 30 heavy (non-hydrogen) atoms. The maximum Gasteiger partial charge on any atom is 0.254 e. The van der Waals surface area contributed by atoms with Crippen molar-refractivity contribution in [2.75, 3.05) is 6.54 Å². The van der Waals surface area contributed by atoms with Gasteiger partial charge in [-0.15, -0.1) is 0 Å². The Balaban J connectivity index is 1.40. The molecule has 0 unspecified atom stereocenters. The molecule has 0 bridgehead atoms. The van der Waals surface area contributed by atoms with E-state index in [0.717, 1.165) is 35.6 Å². The zero-order valence-corrected chi connectivity index (χ0v) is 17.0. The van der Waals surface area contributed by atoms with Gasteiger partial charge >= 0.3 is 0 Å². The predicted octanol–water partition coefficient (Wildman–Crippen LogP) is 5.05. The first kappa shape index (κ1) is 18.4. The van der Waals surface area contributed by atoms with Gasteiger partial charge < -0.3 is 4.90 Å². The molecule has 0 aliphatic carbocycles. The van der Waals surface area contributed by atoms with E-state index in [9.17, 15) is 4.79 Å². The van der Waals surface area contributed by atoms with Crippen molar-refractivity contribution < 1.29 is 4.79 Å². The summed E-state index contributed by atoms with van der Waals surface area (Å²) in [7, 11) is 0. The second kappa shape index (κ2) is 7.64. The molecule has 0 saturated carbocycles. The van der Waals surface area contributed by atoms with Gasteiger partial charge in [0.05, 0.1) is 17.1 Å². The number of amides is 1. The van der Waals surface area contributed by atoms with Gasteiger partial charge in [-0.2, -0.15) is 5.10 Å². The van der Waals surface area contributed by atoms with E-state index in [4.69, 9.17) is 0 Å². The van der Waals surface area contributed by atoms with Gasteiger partial charge in [0.15, 0.2) is 0 Å². The summed E-state index contributed by atoms with van der Waals surface area (Å²) >= 11 is 0. The summed E-state index contributed by atoms with van der Waals surface area (Å²) in [6, 6.07) is 28.5. The largest absolute Gasteiger partial charge is 0.334 e. The van der Waals surface area contributed by atoms with Gasteiger partial charge in [0.25, 0.3) is 5.91 Å². The molecule has 1 aromatic heterocycles. The third-order valence-electron chi connectivity index (χ3n) is 5.68. The fourth-order valence-corrected chi connectivity index (χ4v) is 4.11. The highest BCUT2D eigenvalue weighted by Crippen LogP contribution is 2.25. The van der Waals surface area contributed by atoms with E-state index in [0.29, 0.717) is 12.1 Å². The monoisotopic (exact) mass is 393 g/mol. The summed E-state index contributed by atoms with van der Waals surface area (Å²) in [5.41, 5.74) is 7.37. The van der Waals surface area contributed by atoms with Crippen LogP contribution in [-0.4, -0.2) is 27.1 Å². The van der Waals surface area contributed by atoms with Crippen molar-refractivity contribution in [3.05, 3.63) is 107 Å². The Bertz CT molecular complexity index is 1190. The molecule has 0 radical (unpaired) electrons. The van der Waals surface area contributed by atoms with E-state index in [1.807, 2.05) is 65.0 Å². The number of carbonyl (C=O) groups excluding carboxylic acids is 1. The summed E-state index contributed by atoms with van der Waals surface area (Å²) in [5.74, 6) is 0.0796. The molecule has 0 saturated heterocycles. The fraction of sp³-hybridized carbons (Fsp3) is 0.154. The van der Waals surface area contributed by atoms with Crippen LogP contribution >= 0.6 is 0 Å². The maximum absolute atomic E-state index is 13.1. The van der Waals surface area contributed by atoms with Crippen LogP contribution in [0.4, 0.5) is 0 Å². The van der Waals surface area contributed by atoms with Crippen molar-refractivity contribution in [1.82, 2.24) is 14.7 Å². The number of carbonyl (C=O) groups is 1. The molecule has 4 heteroatoms. The summed E-state index contributed by atoms with van der Waals surface area (Å²) in [6.07, 6.45) is 0.910. The number of aromatic nitrogens is 2. The second-order valence-electron chi connectivity index (χ2n) is 7.74. The molecule has 0 atom stereocenters. The zero-order chi connectivity index (χ0) is 20.5. The minimum absolute atomic E-state index is 0.0796. The third kappa shape index (κ3) is 3.41. The molecule has 0 N–H and O–H groups in total. The Hall–Kier alpha value is -3.66. The van der Waals surface area contributed by atoms with Crippen molar-refractivity contribution in [1.29, 1.82) is 0 Å². The van der Waals surface area contributed by atoms with Gasteiger partial charge in [-0.05, 0) is 54.8 Å². The van der Waals surface area contributed by atoms with Crippen molar-refractivity contribution in [2.24, 2.45) is 0 Å². The van der Waals surface area contributed by atoms with Crippen LogP contribution < -0.4 is 0 Å². The molecular formula is C26H23N3O. The number of hydrogen-bond donors (Lipinski definition) is 0. The number of hydrogen-bond acceptors (Lipinski definition) is 2. The summed E-state index contributed by atoms with van der Waals surface area (Å²) in [4.78, 5) is 15.0. The van der Waals surface area contributed by atoms with Crippen LogP contribution in [0.5, 0.6) is 0 Å². The lowest BCUT2D eigenvalue weighted by Gasteiger charge is -2.29. The van der Waals surface area contributed by atoms with Crippen LogP contribution in [0, 0.1) is 6.92 Å². The van der Waals surface area contributed by atoms with Crippen LogP contribution in [0.15, 0.2) is 84.9 Å². The van der Waals surface area contributed by atoms with Crippen LogP contribution in [0.3, 0.4) is 0 Å². The SMILES string of the molecule is Cc1cc(-c2ccccc2)n(-c2ccc(C(=O)N3CCc4ccccc4C3)cc2)n1. The van der Waals surface area contributed by atoms with Gasteiger partial charge in [0.2, 0.25) is 0 Å². The molecule has 0 spiro atoms. The van der Waals surface area contributed by atoms with Gasteiger partial charge in [-0.3, -0.25) is 4.79 Å². The molecule has 0 fully saturated rings. The maximum atomic E-state index is 13.1. The molecule has 1 amide bonds. The molecule has 148 valence electrons. The van der Waals surface area contributed by atoms with Crippen molar-refractivity contribution in [2.45, 2.75) is 19.9 Å². The smallest absolute Gasteiger partial charge is 0.254 e. The fourth-order valence-electron chi connectivity index (χ4n) is 4.11. The number of nitrogens with zero attached hydrogens (tertiary/aromatic N) is 3. The van der Waals surface area contributed by atoms with Crippen molar-refractivity contribution in [3.8, 4) is 16.9 Å². The van der Waals surface area contributed by atoms with E-state index < -0.39 is 0 Å². The molecule has 2 heterocycles. The Morgan fingerprint density at radius 1 is 0.867 bits per heavy atom. The third-order valence-corrected chi connectivity index (χ3v) is 5.68. The minimum atomic E-state index is 0.0796. The molecule has 4 aromatic rings. The normalized spacial score (nSPS) is 13.2. The number of benzene rings is 3. The summed E-state index contributed by atoms with van der Waals surface area (Å²) in [5, 5.41) is 4.67. The first-order valence-electron chi connectivity index (χ1n) is 10.3. The lowest BCUT2D eigenvalue weighted by molar-refractivity contribution is 0.0734. The highest BCUT2D eigenvalue weighted by Gasteiger charge is 2.21. The van der Waals surface area contributed by atoms with E-state index in [2.05, 4.69) is 41.5 Å². The lowest BCUT2D eigenvalue weighted by atomic mass is 9.99. The number of aryl methyl sites for hydroxylation is 1. The first-order chi connectivity index (χ1) is 14.7. The molecule has 4 nitrogen and oxygen atoms in total. The first-order valence-corrected chi connectivity index (χ1v) is 10.3. The van der Waals surface area contributed by atoms with Gasteiger partial charge in [0.1, 0.15) is 0 Å². The van der Waals surface area contributed by atoms with Crippen molar-refractivity contribution in [3.63, 3.8) is 0 Å². The topological polar surface area (TPSA) is 38.1 Å². The van der Waals surface area contributed by atoms with Gasteiger partial charge in [0, 0.05) is 24.2 Å². The Labute approximate surface area is 176 Å². The lowest BCUT2D eigenvalue weighted by Crippen LogP contribution is -2.35. The highest BCUT2D eigenvalue weighted by molar-refractivity contribution is 5.94. The molecular weight excluding hydrogens is 370 g/mol. The van der Waals surface area contributed by atoms with E-state index >= 15 is 0 Å². The van der Waals surface area contributed by atoms with Crippen LogP contribution in [-0.2, 0) is 13.0 Å². The molecule has 1 aliphatic rings. The van der Waals surface area contributed by atoms with Crippen LogP contribution in [0.1, 0.15) is 27.2 Å².